The molecule has 0 aliphatic rings. The Morgan fingerprint density at radius 1 is 1.11 bits per heavy atom. The van der Waals surface area contributed by atoms with E-state index in [0.29, 0.717) is 17.5 Å². The number of hydrogen-bond acceptors (Lipinski definition) is 5. The maximum atomic E-state index is 13.2. The molecule has 0 saturated heterocycles. The standard InChI is InChI=1S/C19H22N4O3S/c1-14(2)12-13-22(27(25,26)16-10-8-15(3)9-11-16)19(24)23-18-7-5-4-6-17(18)20-21-23/h4-11,14H,12-13H2,1-3H3. The quantitative estimate of drug-likeness (QED) is 0.670. The molecule has 0 spiro atoms. The summed E-state index contributed by atoms with van der Waals surface area (Å²) in [7, 11) is -4.01. The van der Waals surface area contributed by atoms with E-state index >= 15 is 0 Å². The van der Waals surface area contributed by atoms with E-state index in [9.17, 15) is 13.2 Å². The number of aryl methyl sites for hydroxylation is 1. The summed E-state index contributed by atoms with van der Waals surface area (Å²) in [6.45, 7) is 5.90. The van der Waals surface area contributed by atoms with Gasteiger partial charge in [0.05, 0.1) is 10.4 Å². The van der Waals surface area contributed by atoms with Crippen molar-refractivity contribution in [3.63, 3.8) is 0 Å². The molecule has 3 aromatic rings. The van der Waals surface area contributed by atoms with Gasteiger partial charge in [0.1, 0.15) is 5.52 Å². The van der Waals surface area contributed by atoms with Crippen molar-refractivity contribution in [2.75, 3.05) is 6.54 Å². The van der Waals surface area contributed by atoms with E-state index in [0.717, 1.165) is 14.6 Å². The predicted octanol–water partition coefficient (Wildman–Crippen LogP) is 3.44. The summed E-state index contributed by atoms with van der Waals surface area (Å²) in [5, 5.41) is 7.83. The fraction of sp³-hybridized carbons (Fsp3) is 0.316. The number of amides is 1. The van der Waals surface area contributed by atoms with E-state index in [2.05, 4.69) is 10.3 Å². The van der Waals surface area contributed by atoms with Crippen LogP contribution in [0.4, 0.5) is 4.79 Å². The molecule has 1 aromatic heterocycles. The normalized spacial score (nSPS) is 11.9. The van der Waals surface area contributed by atoms with Crippen molar-refractivity contribution < 1.29 is 13.2 Å². The zero-order valence-electron chi connectivity index (χ0n) is 15.5. The summed E-state index contributed by atoms with van der Waals surface area (Å²) < 4.78 is 28.3. The molecule has 0 aliphatic carbocycles. The molecule has 27 heavy (non-hydrogen) atoms. The van der Waals surface area contributed by atoms with E-state index in [1.54, 1.807) is 36.4 Å². The highest BCUT2D eigenvalue weighted by Crippen LogP contribution is 2.20. The Labute approximate surface area is 158 Å². The van der Waals surface area contributed by atoms with Gasteiger partial charge in [-0.15, -0.1) is 5.10 Å². The lowest BCUT2D eigenvalue weighted by Crippen LogP contribution is -2.41. The minimum Gasteiger partial charge on any atom is -0.245 e. The SMILES string of the molecule is Cc1ccc(S(=O)(=O)N(CCC(C)C)C(=O)n2nnc3ccccc32)cc1. The first-order chi connectivity index (χ1) is 12.8. The number of nitrogens with zero attached hydrogens (tertiary/aromatic N) is 4. The van der Waals surface area contributed by atoms with Crippen LogP contribution in [0.15, 0.2) is 53.4 Å². The van der Waals surface area contributed by atoms with Crippen LogP contribution in [0.5, 0.6) is 0 Å². The van der Waals surface area contributed by atoms with Gasteiger partial charge in [0.2, 0.25) is 0 Å². The summed E-state index contributed by atoms with van der Waals surface area (Å²) in [5.74, 6) is 0.237. The second kappa shape index (κ2) is 7.48. The molecule has 0 saturated carbocycles. The van der Waals surface area contributed by atoms with Crippen molar-refractivity contribution in [1.82, 2.24) is 19.3 Å². The Morgan fingerprint density at radius 2 is 1.78 bits per heavy atom. The number of sulfonamides is 1. The van der Waals surface area contributed by atoms with Crippen molar-refractivity contribution in [2.24, 2.45) is 5.92 Å². The number of carbonyl (C=O) groups is 1. The molecule has 0 radical (unpaired) electrons. The second-order valence-corrected chi connectivity index (χ2v) is 8.71. The number of hydrogen-bond donors (Lipinski definition) is 0. The van der Waals surface area contributed by atoms with Crippen LogP contribution in [0, 0.1) is 12.8 Å². The average Bonchev–Trinajstić information content (AvgIpc) is 3.05. The van der Waals surface area contributed by atoms with Gasteiger partial charge in [-0.25, -0.2) is 17.5 Å². The lowest BCUT2D eigenvalue weighted by Gasteiger charge is -2.23. The third kappa shape index (κ3) is 3.85. The van der Waals surface area contributed by atoms with Crippen LogP contribution in [0.2, 0.25) is 0 Å². The fourth-order valence-corrected chi connectivity index (χ4v) is 4.01. The Hall–Kier alpha value is -2.74. The zero-order valence-corrected chi connectivity index (χ0v) is 16.3. The van der Waals surface area contributed by atoms with Crippen LogP contribution >= 0.6 is 0 Å². The molecular formula is C19H22N4O3S. The van der Waals surface area contributed by atoms with Gasteiger partial charge in [-0.1, -0.05) is 48.9 Å². The Bertz CT molecular complexity index is 1060. The molecule has 0 fully saturated rings. The number of benzene rings is 2. The summed E-state index contributed by atoms with van der Waals surface area (Å²) >= 11 is 0. The van der Waals surface area contributed by atoms with Crippen LogP contribution in [-0.4, -0.2) is 40.3 Å². The van der Waals surface area contributed by atoms with Gasteiger partial charge >= 0.3 is 6.03 Å². The van der Waals surface area contributed by atoms with Crippen LogP contribution < -0.4 is 0 Å². The van der Waals surface area contributed by atoms with Crippen molar-refractivity contribution in [3.05, 3.63) is 54.1 Å². The summed E-state index contributed by atoms with van der Waals surface area (Å²) in [4.78, 5) is 13.2. The summed E-state index contributed by atoms with van der Waals surface area (Å²) in [6.07, 6.45) is 0.545. The lowest BCUT2D eigenvalue weighted by atomic mass is 10.1. The average molecular weight is 386 g/mol. The first-order valence-corrected chi connectivity index (χ1v) is 10.2. The molecule has 1 amide bonds. The topological polar surface area (TPSA) is 85.2 Å². The van der Waals surface area contributed by atoms with E-state index in [-0.39, 0.29) is 17.4 Å². The van der Waals surface area contributed by atoms with Gasteiger partial charge < -0.3 is 0 Å². The highest BCUT2D eigenvalue weighted by atomic mass is 32.2. The van der Waals surface area contributed by atoms with E-state index < -0.39 is 16.1 Å². The van der Waals surface area contributed by atoms with Crippen LogP contribution in [0.25, 0.3) is 11.0 Å². The molecule has 0 atom stereocenters. The van der Waals surface area contributed by atoms with E-state index in [1.807, 2.05) is 20.8 Å². The van der Waals surface area contributed by atoms with Crippen molar-refractivity contribution in [3.8, 4) is 0 Å². The van der Waals surface area contributed by atoms with Gasteiger partial charge in [-0.3, -0.25) is 0 Å². The van der Waals surface area contributed by atoms with Gasteiger partial charge in [-0.05, 0) is 43.5 Å². The number of para-hydroxylation sites is 1. The summed E-state index contributed by atoms with van der Waals surface area (Å²) in [5.41, 5.74) is 1.94. The van der Waals surface area contributed by atoms with Gasteiger partial charge in [0, 0.05) is 6.54 Å². The Balaban J connectivity index is 2.05. The van der Waals surface area contributed by atoms with Crippen LogP contribution in [-0.2, 0) is 10.0 Å². The number of fused-ring (bicyclic) bond motifs is 1. The van der Waals surface area contributed by atoms with Crippen LogP contribution in [0.1, 0.15) is 25.8 Å². The number of rotatable bonds is 5. The molecular weight excluding hydrogens is 364 g/mol. The molecule has 2 aromatic carbocycles. The minimum atomic E-state index is -4.01. The van der Waals surface area contributed by atoms with Gasteiger partial charge in [0.25, 0.3) is 10.0 Å². The molecule has 0 unspecified atom stereocenters. The first kappa shape index (κ1) is 19.0. The monoisotopic (exact) mass is 386 g/mol. The smallest absolute Gasteiger partial charge is 0.245 e. The zero-order chi connectivity index (χ0) is 19.6. The minimum absolute atomic E-state index is 0.0703. The number of aromatic nitrogens is 3. The molecule has 142 valence electrons. The van der Waals surface area contributed by atoms with Gasteiger partial charge in [0.15, 0.2) is 0 Å². The van der Waals surface area contributed by atoms with E-state index in [4.69, 9.17) is 0 Å². The molecule has 0 N–H and O–H groups in total. The highest BCUT2D eigenvalue weighted by Gasteiger charge is 2.31. The van der Waals surface area contributed by atoms with Crippen LogP contribution in [0.3, 0.4) is 0 Å². The molecule has 0 aliphatic heterocycles. The Morgan fingerprint density at radius 3 is 2.44 bits per heavy atom. The maximum Gasteiger partial charge on any atom is 0.360 e. The maximum absolute atomic E-state index is 13.2. The number of carbonyl (C=O) groups excluding carboxylic acids is 1. The predicted molar refractivity (Wildman–Crippen MR) is 103 cm³/mol. The Kier molecular flexibility index (Phi) is 5.27. The first-order valence-electron chi connectivity index (χ1n) is 8.75. The van der Waals surface area contributed by atoms with Gasteiger partial charge in [-0.2, -0.15) is 4.68 Å². The second-order valence-electron chi connectivity index (χ2n) is 6.85. The van der Waals surface area contributed by atoms with Crippen molar-refractivity contribution in [2.45, 2.75) is 32.1 Å². The largest absolute Gasteiger partial charge is 0.360 e. The molecule has 0 bridgehead atoms. The molecule has 7 nitrogen and oxygen atoms in total. The third-order valence-electron chi connectivity index (χ3n) is 4.26. The van der Waals surface area contributed by atoms with Crippen molar-refractivity contribution >= 4 is 27.1 Å². The lowest BCUT2D eigenvalue weighted by molar-refractivity contribution is 0.220. The molecule has 8 heteroatoms. The third-order valence-corrected chi connectivity index (χ3v) is 6.05. The fourth-order valence-electron chi connectivity index (χ4n) is 2.65. The molecule has 1 heterocycles. The van der Waals surface area contributed by atoms with E-state index in [1.165, 1.54) is 12.1 Å². The highest BCUT2D eigenvalue weighted by molar-refractivity contribution is 7.89. The summed E-state index contributed by atoms with van der Waals surface area (Å²) in [6, 6.07) is 12.7. The molecule has 3 rings (SSSR count). The van der Waals surface area contributed by atoms with Crippen molar-refractivity contribution in [1.29, 1.82) is 0 Å².